The lowest BCUT2D eigenvalue weighted by molar-refractivity contribution is 0.0993. The van der Waals surface area contributed by atoms with Crippen LogP contribution in [0.4, 0.5) is 0 Å². The summed E-state index contributed by atoms with van der Waals surface area (Å²) in [5.74, 6) is 0.525. The van der Waals surface area contributed by atoms with E-state index in [9.17, 15) is 4.79 Å². The summed E-state index contributed by atoms with van der Waals surface area (Å²) in [5.41, 5.74) is 5.05. The highest BCUT2D eigenvalue weighted by molar-refractivity contribution is 8.00. The maximum absolute atomic E-state index is 12.6. The Morgan fingerprint density at radius 2 is 1.72 bits per heavy atom. The lowest BCUT2D eigenvalue weighted by Gasteiger charge is -2.09. The zero-order chi connectivity index (χ0) is 18.0. The van der Waals surface area contributed by atoms with Gasteiger partial charge in [0.2, 0.25) is 5.89 Å². The maximum Gasteiger partial charge on any atom is 0.277 e. The van der Waals surface area contributed by atoms with E-state index < -0.39 is 0 Å². The Balaban J connectivity index is 1.72. The Kier molecular flexibility index (Phi) is 5.04. The number of thioether (sulfide) groups is 1. The molecular weight excluding hydrogens is 332 g/mol. The molecule has 3 aromatic rings. The normalized spacial score (nSPS) is 12.2. The number of nitrogens with zero attached hydrogens (tertiary/aromatic N) is 2. The first-order chi connectivity index (χ1) is 11.9. The van der Waals surface area contributed by atoms with Crippen LogP contribution in [0.25, 0.3) is 11.5 Å². The Bertz CT molecular complexity index is 900. The number of Topliss-reactive ketones (excluding diaryl/α,β-unsaturated/α-hetero) is 1. The summed E-state index contributed by atoms with van der Waals surface area (Å²) < 4.78 is 5.70. The van der Waals surface area contributed by atoms with Gasteiger partial charge in [-0.25, -0.2) is 0 Å². The van der Waals surface area contributed by atoms with E-state index in [2.05, 4.69) is 10.2 Å². The first kappa shape index (κ1) is 17.4. The number of ketones is 1. The molecule has 0 saturated heterocycles. The average molecular weight is 352 g/mol. The molecule has 0 N–H and O–H groups in total. The van der Waals surface area contributed by atoms with E-state index >= 15 is 0 Å². The second-order valence-corrected chi connectivity index (χ2v) is 7.45. The van der Waals surface area contributed by atoms with E-state index in [0.29, 0.717) is 16.7 Å². The van der Waals surface area contributed by atoms with Crippen molar-refractivity contribution in [1.29, 1.82) is 0 Å². The van der Waals surface area contributed by atoms with Gasteiger partial charge in [0.15, 0.2) is 5.78 Å². The lowest BCUT2D eigenvalue weighted by atomic mass is 10.0. The van der Waals surface area contributed by atoms with Crippen LogP contribution in [0.1, 0.15) is 34.0 Å². The largest absolute Gasteiger partial charge is 0.411 e. The van der Waals surface area contributed by atoms with Gasteiger partial charge in [-0.15, -0.1) is 10.2 Å². The quantitative estimate of drug-likeness (QED) is 0.476. The lowest BCUT2D eigenvalue weighted by Crippen LogP contribution is -2.13. The number of hydrogen-bond donors (Lipinski definition) is 0. The van der Waals surface area contributed by atoms with Gasteiger partial charge in [0.05, 0.1) is 5.25 Å². The fourth-order valence-electron chi connectivity index (χ4n) is 2.40. The minimum Gasteiger partial charge on any atom is -0.411 e. The molecule has 128 valence electrons. The molecule has 1 atom stereocenters. The third-order valence-electron chi connectivity index (χ3n) is 4.14. The van der Waals surface area contributed by atoms with Crippen molar-refractivity contribution < 1.29 is 9.21 Å². The zero-order valence-electron chi connectivity index (χ0n) is 14.7. The standard InChI is InChI=1S/C20H20N2O2S/c1-12-5-8-16(9-6-12)19-21-22-20(24-19)25-15(4)18(23)17-10-7-13(2)14(3)11-17/h5-11,15H,1-4H3. The van der Waals surface area contributed by atoms with E-state index in [1.165, 1.54) is 22.9 Å². The molecule has 0 amide bonds. The molecule has 5 heteroatoms. The number of rotatable bonds is 5. The van der Waals surface area contributed by atoms with Crippen LogP contribution in [-0.4, -0.2) is 21.2 Å². The van der Waals surface area contributed by atoms with Crippen LogP contribution in [0.5, 0.6) is 0 Å². The fraction of sp³-hybridized carbons (Fsp3) is 0.250. The van der Waals surface area contributed by atoms with Gasteiger partial charge in [-0.1, -0.05) is 41.6 Å². The highest BCUT2D eigenvalue weighted by atomic mass is 32.2. The summed E-state index contributed by atoms with van der Waals surface area (Å²) in [4.78, 5) is 12.6. The molecule has 0 aliphatic rings. The van der Waals surface area contributed by atoms with Gasteiger partial charge in [0, 0.05) is 11.1 Å². The average Bonchev–Trinajstić information content (AvgIpc) is 3.05. The van der Waals surface area contributed by atoms with Crippen molar-refractivity contribution >= 4 is 17.5 Å². The molecule has 1 unspecified atom stereocenters. The van der Waals surface area contributed by atoms with Crippen molar-refractivity contribution in [3.63, 3.8) is 0 Å². The molecule has 0 spiro atoms. The highest BCUT2D eigenvalue weighted by Gasteiger charge is 2.20. The van der Waals surface area contributed by atoms with E-state index in [-0.39, 0.29) is 11.0 Å². The van der Waals surface area contributed by atoms with Crippen LogP contribution in [0.15, 0.2) is 52.1 Å². The molecule has 0 radical (unpaired) electrons. The van der Waals surface area contributed by atoms with Crippen molar-refractivity contribution in [2.45, 2.75) is 38.2 Å². The number of hydrogen-bond acceptors (Lipinski definition) is 5. The number of benzene rings is 2. The third kappa shape index (κ3) is 3.99. The Morgan fingerprint density at radius 1 is 1.00 bits per heavy atom. The third-order valence-corrected chi connectivity index (χ3v) is 5.08. The van der Waals surface area contributed by atoms with Crippen molar-refractivity contribution in [2.24, 2.45) is 0 Å². The van der Waals surface area contributed by atoms with E-state index in [0.717, 1.165) is 11.1 Å². The molecule has 1 heterocycles. The molecule has 0 fully saturated rings. The van der Waals surface area contributed by atoms with Crippen LogP contribution in [-0.2, 0) is 0 Å². The predicted octanol–water partition coefficient (Wildman–Crippen LogP) is 5.03. The second-order valence-electron chi connectivity index (χ2n) is 6.16. The summed E-state index contributed by atoms with van der Waals surface area (Å²) >= 11 is 1.29. The Morgan fingerprint density at radius 3 is 2.40 bits per heavy atom. The molecular formula is C20H20N2O2S. The molecule has 4 nitrogen and oxygen atoms in total. The number of carbonyl (C=O) groups is 1. The van der Waals surface area contributed by atoms with Crippen LogP contribution in [0, 0.1) is 20.8 Å². The minimum atomic E-state index is -0.298. The van der Waals surface area contributed by atoms with E-state index in [1.54, 1.807) is 0 Å². The van der Waals surface area contributed by atoms with Crippen molar-refractivity contribution in [3.8, 4) is 11.5 Å². The smallest absolute Gasteiger partial charge is 0.277 e. The highest BCUT2D eigenvalue weighted by Crippen LogP contribution is 2.28. The van der Waals surface area contributed by atoms with Gasteiger partial charge in [0.25, 0.3) is 5.22 Å². The summed E-state index contributed by atoms with van der Waals surface area (Å²) in [6, 6.07) is 13.7. The molecule has 0 aliphatic heterocycles. The SMILES string of the molecule is Cc1ccc(-c2nnc(SC(C)C(=O)c3ccc(C)c(C)c3)o2)cc1. The minimum absolute atomic E-state index is 0.0585. The number of aromatic nitrogens is 2. The second kappa shape index (κ2) is 7.23. The maximum atomic E-state index is 12.6. The number of carbonyl (C=O) groups excluding carboxylic acids is 1. The molecule has 2 aromatic carbocycles. The first-order valence-electron chi connectivity index (χ1n) is 8.12. The van der Waals surface area contributed by atoms with Crippen molar-refractivity contribution in [3.05, 3.63) is 64.7 Å². The van der Waals surface area contributed by atoms with Gasteiger partial charge < -0.3 is 4.42 Å². The first-order valence-corrected chi connectivity index (χ1v) is 9.00. The molecule has 3 rings (SSSR count). The molecule has 0 bridgehead atoms. The van der Waals surface area contributed by atoms with Gasteiger partial charge in [0.1, 0.15) is 0 Å². The monoisotopic (exact) mass is 352 g/mol. The van der Waals surface area contributed by atoms with Gasteiger partial charge in [-0.2, -0.15) is 0 Å². The fourth-order valence-corrected chi connectivity index (χ4v) is 3.16. The van der Waals surface area contributed by atoms with Crippen LogP contribution < -0.4 is 0 Å². The van der Waals surface area contributed by atoms with Gasteiger partial charge >= 0.3 is 0 Å². The van der Waals surface area contributed by atoms with Crippen LogP contribution in [0.2, 0.25) is 0 Å². The van der Waals surface area contributed by atoms with Crippen LogP contribution in [0.3, 0.4) is 0 Å². The van der Waals surface area contributed by atoms with Gasteiger partial charge in [-0.05, 0) is 57.0 Å². The Labute approximate surface area is 151 Å². The molecule has 25 heavy (non-hydrogen) atoms. The molecule has 0 aliphatic carbocycles. The zero-order valence-corrected chi connectivity index (χ0v) is 15.6. The Hall–Kier alpha value is -2.40. The van der Waals surface area contributed by atoms with Crippen molar-refractivity contribution in [2.75, 3.05) is 0 Å². The van der Waals surface area contributed by atoms with E-state index in [4.69, 9.17) is 4.42 Å². The number of aryl methyl sites for hydroxylation is 3. The van der Waals surface area contributed by atoms with Gasteiger partial charge in [-0.3, -0.25) is 4.79 Å². The molecule has 0 saturated carbocycles. The predicted molar refractivity (Wildman–Crippen MR) is 100 cm³/mol. The molecule has 1 aromatic heterocycles. The summed E-state index contributed by atoms with van der Waals surface area (Å²) in [6.07, 6.45) is 0. The summed E-state index contributed by atoms with van der Waals surface area (Å²) in [6.45, 7) is 7.93. The summed E-state index contributed by atoms with van der Waals surface area (Å²) in [7, 11) is 0. The topological polar surface area (TPSA) is 56.0 Å². The summed E-state index contributed by atoms with van der Waals surface area (Å²) in [5, 5.41) is 8.24. The van der Waals surface area contributed by atoms with Crippen molar-refractivity contribution in [1.82, 2.24) is 10.2 Å². The van der Waals surface area contributed by atoms with Crippen LogP contribution >= 0.6 is 11.8 Å². The van der Waals surface area contributed by atoms with E-state index in [1.807, 2.05) is 70.2 Å².